The molecule has 0 saturated carbocycles. The van der Waals surface area contributed by atoms with E-state index in [0.717, 1.165) is 42.6 Å². The second-order valence-corrected chi connectivity index (χ2v) is 8.11. The molecule has 4 rings (SSSR count). The Hall–Kier alpha value is -2.09. The molecule has 0 radical (unpaired) electrons. The Labute approximate surface area is 174 Å². The normalized spacial score (nSPS) is 14.8. The molecule has 150 valence electrons. The van der Waals surface area contributed by atoms with E-state index in [1.807, 2.05) is 38.3 Å². The summed E-state index contributed by atoms with van der Waals surface area (Å²) < 4.78 is 1.23. The van der Waals surface area contributed by atoms with E-state index in [1.54, 1.807) is 11.3 Å². The molecule has 0 spiro atoms. The molecule has 1 aliphatic rings. The minimum absolute atomic E-state index is 0.600. The van der Waals surface area contributed by atoms with Gasteiger partial charge in [-0.3, -0.25) is 4.79 Å². The fourth-order valence-electron chi connectivity index (χ4n) is 3.21. The molecule has 0 aliphatic carbocycles. The number of rotatable bonds is 4. The van der Waals surface area contributed by atoms with Gasteiger partial charge >= 0.3 is 0 Å². The summed E-state index contributed by atoms with van der Waals surface area (Å²) in [5.41, 5.74) is 3.77. The lowest BCUT2D eigenvalue weighted by Crippen LogP contribution is -3.12. The first-order chi connectivity index (χ1) is 13.7. The van der Waals surface area contributed by atoms with Crippen LogP contribution in [-0.4, -0.2) is 37.7 Å². The van der Waals surface area contributed by atoms with Crippen LogP contribution in [0.3, 0.4) is 0 Å². The number of thiophene rings is 1. The van der Waals surface area contributed by atoms with Gasteiger partial charge < -0.3 is 15.0 Å². The largest absolute Gasteiger partial charge is 0.379 e. The molecule has 1 atom stereocenters. The maximum absolute atomic E-state index is 10.8. The molecule has 5 nitrogen and oxygen atoms in total. The molecule has 1 aliphatic heterocycles. The summed E-state index contributed by atoms with van der Waals surface area (Å²) in [6.45, 7) is 8.00. The van der Waals surface area contributed by atoms with E-state index < -0.39 is 0 Å². The number of aromatic nitrogens is 1. The van der Waals surface area contributed by atoms with Crippen LogP contribution in [0.1, 0.15) is 31.2 Å². The Balaban J connectivity index is 0.000000514. The number of para-hydroxylation sites is 1. The summed E-state index contributed by atoms with van der Waals surface area (Å²) in [5, 5.41) is 5.65. The van der Waals surface area contributed by atoms with Gasteiger partial charge in [-0.05, 0) is 24.6 Å². The Morgan fingerprint density at radius 1 is 1.21 bits per heavy atom. The zero-order valence-electron chi connectivity index (χ0n) is 16.9. The van der Waals surface area contributed by atoms with Gasteiger partial charge in [-0.15, -0.1) is 22.7 Å². The number of hydrogen-bond acceptors (Lipinski definition) is 6. The number of aldehydes is 2. The minimum atomic E-state index is 0.600. The highest BCUT2D eigenvalue weighted by atomic mass is 32.1. The van der Waals surface area contributed by atoms with Gasteiger partial charge in [0.1, 0.15) is 24.4 Å². The molecule has 3 aromatic rings. The van der Waals surface area contributed by atoms with Crippen molar-refractivity contribution in [3.63, 3.8) is 0 Å². The fourth-order valence-corrected chi connectivity index (χ4v) is 5.59. The van der Waals surface area contributed by atoms with Crippen molar-refractivity contribution in [1.82, 2.24) is 4.98 Å². The number of thiazole rings is 1. The zero-order chi connectivity index (χ0) is 20.5. The second kappa shape index (κ2) is 11.0. The molecule has 2 N–H and O–H groups in total. The third-order valence-electron chi connectivity index (χ3n) is 4.34. The van der Waals surface area contributed by atoms with E-state index in [9.17, 15) is 4.79 Å². The molecule has 1 aromatic carbocycles. The summed E-state index contributed by atoms with van der Waals surface area (Å²) in [6.07, 6.45) is 2.79. The maximum atomic E-state index is 10.8. The lowest BCUT2D eigenvalue weighted by Gasteiger charge is -2.22. The molecule has 0 saturated heterocycles. The van der Waals surface area contributed by atoms with E-state index in [2.05, 4.69) is 23.5 Å². The van der Waals surface area contributed by atoms with Gasteiger partial charge in [-0.1, -0.05) is 26.0 Å². The highest BCUT2D eigenvalue weighted by Crippen LogP contribution is 2.44. The summed E-state index contributed by atoms with van der Waals surface area (Å²) >= 11 is 3.58. The van der Waals surface area contributed by atoms with Gasteiger partial charge in [0.25, 0.3) is 0 Å². The first-order valence-electron chi connectivity index (χ1n) is 9.57. The van der Waals surface area contributed by atoms with Crippen molar-refractivity contribution in [3.05, 3.63) is 34.7 Å². The molecular formula is C21H28N3O2S2+. The number of hydrogen-bond donors (Lipinski definition) is 2. The van der Waals surface area contributed by atoms with Crippen molar-refractivity contribution < 1.29 is 14.5 Å². The average molecular weight is 419 g/mol. The van der Waals surface area contributed by atoms with E-state index in [0.29, 0.717) is 6.54 Å². The SMILES string of the molecule is CC.CC=O.CNc1sc2c(c1-c1nc3ccccc3s1)CC[NH+](CC=O)C2. The van der Waals surface area contributed by atoms with Gasteiger partial charge in [0.2, 0.25) is 0 Å². The highest BCUT2D eigenvalue weighted by molar-refractivity contribution is 7.22. The summed E-state index contributed by atoms with van der Waals surface area (Å²) in [7, 11) is 1.98. The van der Waals surface area contributed by atoms with Crippen molar-refractivity contribution in [2.45, 2.75) is 33.7 Å². The topological polar surface area (TPSA) is 63.5 Å². The summed E-state index contributed by atoms with van der Waals surface area (Å²) in [5.74, 6) is 0. The lowest BCUT2D eigenvalue weighted by molar-refractivity contribution is -0.906. The van der Waals surface area contributed by atoms with Gasteiger partial charge in [0, 0.05) is 19.0 Å². The predicted octanol–water partition coefficient (Wildman–Crippen LogP) is 3.44. The Kier molecular flexibility index (Phi) is 8.76. The van der Waals surface area contributed by atoms with Crippen molar-refractivity contribution in [3.8, 4) is 10.6 Å². The molecular weight excluding hydrogens is 390 g/mol. The van der Waals surface area contributed by atoms with E-state index >= 15 is 0 Å². The number of quaternary nitrogens is 1. The predicted molar refractivity (Wildman–Crippen MR) is 120 cm³/mol. The number of fused-ring (bicyclic) bond motifs is 2. The molecule has 1 unspecified atom stereocenters. The number of carbonyl (C=O) groups is 2. The van der Waals surface area contributed by atoms with Crippen LogP contribution in [0, 0.1) is 0 Å². The molecule has 2 aromatic heterocycles. The average Bonchev–Trinajstić information content (AvgIpc) is 3.30. The van der Waals surface area contributed by atoms with Crippen LogP contribution < -0.4 is 10.2 Å². The monoisotopic (exact) mass is 418 g/mol. The van der Waals surface area contributed by atoms with Crippen LogP contribution in [0.15, 0.2) is 24.3 Å². The van der Waals surface area contributed by atoms with Crippen LogP contribution >= 0.6 is 22.7 Å². The third kappa shape index (κ3) is 4.84. The molecule has 0 amide bonds. The van der Waals surface area contributed by atoms with Gasteiger partial charge in [0.15, 0.2) is 6.29 Å². The number of anilines is 1. The smallest absolute Gasteiger partial charge is 0.174 e. The van der Waals surface area contributed by atoms with Crippen molar-refractivity contribution in [2.75, 3.05) is 25.5 Å². The zero-order valence-corrected chi connectivity index (χ0v) is 18.5. The Bertz CT molecular complexity index is 885. The maximum Gasteiger partial charge on any atom is 0.174 e. The standard InChI is InChI=1S/C17H17N3OS2.C2H4O.C2H6/c1-18-16-15(17-19-12-4-2-3-5-13(12)22-17)11-6-7-20(8-9-21)10-14(11)23-16;1-2-3;1-2/h2-5,9,18H,6-8,10H2,1H3;2H,1H3;1-2H3/p+1. The molecule has 0 bridgehead atoms. The highest BCUT2D eigenvalue weighted by Gasteiger charge is 2.28. The number of carbonyl (C=O) groups excluding carboxylic acids is 2. The quantitative estimate of drug-likeness (QED) is 0.637. The van der Waals surface area contributed by atoms with Crippen molar-refractivity contribution >= 4 is 50.5 Å². The third-order valence-corrected chi connectivity index (χ3v) is 6.64. The van der Waals surface area contributed by atoms with Gasteiger partial charge in [-0.25, -0.2) is 4.98 Å². The first-order valence-corrected chi connectivity index (χ1v) is 11.2. The van der Waals surface area contributed by atoms with E-state index in [-0.39, 0.29) is 0 Å². The van der Waals surface area contributed by atoms with Crippen LogP contribution in [0.2, 0.25) is 0 Å². The van der Waals surface area contributed by atoms with Crippen LogP contribution in [0.5, 0.6) is 0 Å². The second-order valence-electron chi connectivity index (χ2n) is 5.98. The van der Waals surface area contributed by atoms with Crippen molar-refractivity contribution in [1.29, 1.82) is 0 Å². The van der Waals surface area contributed by atoms with Crippen molar-refractivity contribution in [2.24, 2.45) is 0 Å². The summed E-state index contributed by atoms with van der Waals surface area (Å²) in [6, 6.07) is 8.30. The Morgan fingerprint density at radius 3 is 2.57 bits per heavy atom. The number of benzene rings is 1. The van der Waals surface area contributed by atoms with Gasteiger partial charge in [-0.2, -0.15) is 0 Å². The van der Waals surface area contributed by atoms with Crippen LogP contribution in [0.25, 0.3) is 20.8 Å². The molecule has 28 heavy (non-hydrogen) atoms. The Morgan fingerprint density at radius 2 is 1.93 bits per heavy atom. The van der Waals surface area contributed by atoms with E-state index in [4.69, 9.17) is 9.78 Å². The van der Waals surface area contributed by atoms with Gasteiger partial charge in [0.05, 0.1) is 26.6 Å². The fraction of sp³-hybridized carbons (Fsp3) is 0.381. The number of nitrogens with zero attached hydrogens (tertiary/aromatic N) is 1. The minimum Gasteiger partial charge on any atom is -0.379 e. The molecule has 3 heterocycles. The molecule has 7 heteroatoms. The molecule has 0 fully saturated rings. The number of nitrogens with one attached hydrogen (secondary N) is 2. The first kappa shape index (κ1) is 22.2. The lowest BCUT2D eigenvalue weighted by atomic mass is 10.0. The van der Waals surface area contributed by atoms with Crippen LogP contribution in [-0.2, 0) is 22.6 Å². The van der Waals surface area contributed by atoms with E-state index in [1.165, 1.54) is 37.5 Å². The summed E-state index contributed by atoms with van der Waals surface area (Å²) in [4.78, 5) is 27.2. The van der Waals surface area contributed by atoms with Crippen LogP contribution in [0.4, 0.5) is 5.00 Å².